The molecule has 0 saturated heterocycles. The molecule has 0 saturated carbocycles. The van der Waals surface area contributed by atoms with Crippen molar-refractivity contribution in [2.75, 3.05) is 0 Å². The molecule has 0 spiro atoms. The number of allylic oxidation sites excluding steroid dienone is 8. The van der Waals surface area contributed by atoms with Crippen LogP contribution in [0.5, 0.6) is 0 Å². The summed E-state index contributed by atoms with van der Waals surface area (Å²) >= 11 is -0.539. The number of hydrogen-bond donors (Lipinski definition) is 0. The average Bonchev–Trinajstić information content (AvgIpc) is 2.85. The summed E-state index contributed by atoms with van der Waals surface area (Å²) in [6.45, 7) is 9.26. The van der Waals surface area contributed by atoms with Gasteiger partial charge in [-0.2, -0.15) is 0 Å². The summed E-state index contributed by atoms with van der Waals surface area (Å²) in [5, 5.41) is 0. The predicted molar refractivity (Wildman–Crippen MR) is 71.4 cm³/mol. The van der Waals surface area contributed by atoms with Crippen LogP contribution in [0.2, 0.25) is 0 Å². The predicted octanol–water partition coefficient (Wildman–Crippen LogP) is -0.895. The Morgan fingerprint density at radius 1 is 0.842 bits per heavy atom. The zero-order valence-electron chi connectivity index (χ0n) is 12.2. The summed E-state index contributed by atoms with van der Waals surface area (Å²) in [6, 6.07) is 0. The molecule has 104 valence electrons. The maximum absolute atomic E-state index is 2.44. The van der Waals surface area contributed by atoms with E-state index in [0.29, 0.717) is 0 Å². The molecule has 3 heteroatoms. The molecule has 0 aromatic rings. The molecule has 0 bridgehead atoms. The van der Waals surface area contributed by atoms with Crippen LogP contribution in [0.4, 0.5) is 0 Å². The topological polar surface area (TPSA) is 0 Å². The molecule has 0 amide bonds. The van der Waals surface area contributed by atoms with Crippen LogP contribution >= 0.6 is 0 Å². The van der Waals surface area contributed by atoms with Crippen LogP contribution in [0.3, 0.4) is 0 Å². The Kier molecular flexibility index (Phi) is 8.85. The second-order valence-corrected chi connectivity index (χ2v) is 8.04. The van der Waals surface area contributed by atoms with Crippen molar-refractivity contribution in [2.24, 2.45) is 0 Å². The van der Waals surface area contributed by atoms with E-state index in [1.54, 1.807) is 28.9 Å². The van der Waals surface area contributed by atoms with Gasteiger partial charge in [0.2, 0.25) is 0 Å². The molecule has 19 heavy (non-hydrogen) atoms. The van der Waals surface area contributed by atoms with E-state index in [2.05, 4.69) is 39.8 Å². The van der Waals surface area contributed by atoms with E-state index in [1.165, 1.54) is 25.7 Å². The molecule has 2 aliphatic carbocycles. The molecule has 0 radical (unpaired) electrons. The Morgan fingerprint density at radius 3 is 1.53 bits per heavy atom. The van der Waals surface area contributed by atoms with E-state index in [0.717, 1.165) is 0 Å². The maximum Gasteiger partial charge on any atom is -1.00 e. The molecule has 2 rings (SSSR count). The molecule has 0 N–H and O–H groups in total. The Bertz CT molecular complexity index is 411. The standard InChI is InChI=1S/2C8H11.2ClH.Zr/c2*1-3-8-5-4-7(2)6-8;;;/h2*4H,3,5H2,1-2H3;2*1H;/q;;;;+2/p-2. The second kappa shape index (κ2) is 8.65. The van der Waals surface area contributed by atoms with Crippen LogP contribution in [0.25, 0.3) is 0 Å². The largest absolute Gasteiger partial charge is 1.00 e. The van der Waals surface area contributed by atoms with Gasteiger partial charge in [0.05, 0.1) is 0 Å². The van der Waals surface area contributed by atoms with Gasteiger partial charge >= 0.3 is 118 Å². The van der Waals surface area contributed by atoms with Crippen LogP contribution in [0, 0.1) is 0 Å². The normalized spacial score (nSPS) is 17.7. The molecule has 0 aliphatic heterocycles. The minimum atomic E-state index is -0.539. The summed E-state index contributed by atoms with van der Waals surface area (Å²) in [4.78, 5) is 0. The third-order valence-electron chi connectivity index (χ3n) is 3.91. The maximum atomic E-state index is 2.44. The van der Waals surface area contributed by atoms with Crippen LogP contribution in [-0.4, -0.2) is 0 Å². The van der Waals surface area contributed by atoms with Crippen LogP contribution < -0.4 is 24.8 Å². The summed E-state index contributed by atoms with van der Waals surface area (Å²) in [6.07, 6.45) is 9.85. The first kappa shape index (κ1) is 19.4. The fourth-order valence-corrected chi connectivity index (χ4v) is 6.99. The van der Waals surface area contributed by atoms with Crippen LogP contribution in [-0.2, 0) is 23.2 Å². The quantitative estimate of drug-likeness (QED) is 0.597. The first-order valence-electron chi connectivity index (χ1n) is 6.72. The Balaban J connectivity index is 0.00000162. The Hall–Kier alpha value is 0.423. The minimum Gasteiger partial charge on any atom is -1.00 e. The van der Waals surface area contributed by atoms with Gasteiger partial charge in [-0.1, -0.05) is 0 Å². The number of rotatable bonds is 4. The smallest absolute Gasteiger partial charge is 1.00 e. The fraction of sp³-hybridized carbons (Fsp3) is 0.500. The molecule has 0 aromatic carbocycles. The summed E-state index contributed by atoms with van der Waals surface area (Å²) in [5.41, 5.74) is 6.65. The molecule has 0 fully saturated rings. The van der Waals surface area contributed by atoms with Crippen molar-refractivity contribution in [1.82, 2.24) is 0 Å². The van der Waals surface area contributed by atoms with Crippen molar-refractivity contribution >= 4 is 0 Å². The van der Waals surface area contributed by atoms with E-state index in [1.807, 2.05) is 0 Å². The van der Waals surface area contributed by atoms with Gasteiger partial charge in [0.15, 0.2) is 0 Å². The van der Waals surface area contributed by atoms with E-state index >= 15 is 0 Å². The third-order valence-corrected chi connectivity index (χ3v) is 8.81. The summed E-state index contributed by atoms with van der Waals surface area (Å²) in [5.74, 6) is 0. The van der Waals surface area contributed by atoms with Gasteiger partial charge in [-0.05, 0) is 0 Å². The minimum absolute atomic E-state index is 0. The molecule has 0 aromatic heterocycles. The number of halogens is 2. The molecular formula is C16H22Cl2Zr. The van der Waals surface area contributed by atoms with E-state index in [4.69, 9.17) is 0 Å². The van der Waals surface area contributed by atoms with Crippen LogP contribution in [0.1, 0.15) is 53.4 Å². The first-order valence-corrected chi connectivity index (χ1v) is 9.18. The Labute approximate surface area is 141 Å². The van der Waals surface area contributed by atoms with Crippen molar-refractivity contribution in [3.05, 3.63) is 41.0 Å². The van der Waals surface area contributed by atoms with Crippen molar-refractivity contribution in [2.45, 2.75) is 53.4 Å². The van der Waals surface area contributed by atoms with Crippen molar-refractivity contribution in [1.29, 1.82) is 0 Å². The molecule has 0 heterocycles. The summed E-state index contributed by atoms with van der Waals surface area (Å²) < 4.78 is 3.60. The van der Waals surface area contributed by atoms with Crippen molar-refractivity contribution in [3.8, 4) is 0 Å². The molecule has 0 nitrogen and oxygen atoms in total. The SMILES string of the molecule is CCC1=[C]([Zr+2][C]2=C(CC)CC=C2C)C(C)=CC1.[Cl-].[Cl-]. The summed E-state index contributed by atoms with van der Waals surface area (Å²) in [7, 11) is 0. The van der Waals surface area contributed by atoms with E-state index < -0.39 is 23.2 Å². The van der Waals surface area contributed by atoms with Gasteiger partial charge in [0.25, 0.3) is 0 Å². The second-order valence-electron chi connectivity index (χ2n) is 4.97. The van der Waals surface area contributed by atoms with Gasteiger partial charge in [-0.3, -0.25) is 0 Å². The monoisotopic (exact) mass is 374 g/mol. The van der Waals surface area contributed by atoms with E-state index in [-0.39, 0.29) is 24.8 Å². The van der Waals surface area contributed by atoms with E-state index in [9.17, 15) is 0 Å². The Morgan fingerprint density at radius 2 is 1.21 bits per heavy atom. The van der Waals surface area contributed by atoms with Gasteiger partial charge in [0, 0.05) is 0 Å². The number of hydrogen-bond acceptors (Lipinski definition) is 0. The van der Waals surface area contributed by atoms with Crippen LogP contribution in [0.15, 0.2) is 41.0 Å². The molecule has 0 atom stereocenters. The first-order chi connectivity index (χ1) is 8.17. The van der Waals surface area contributed by atoms with Crippen molar-refractivity contribution < 1.29 is 48.0 Å². The molecular weight excluding hydrogens is 354 g/mol. The van der Waals surface area contributed by atoms with Crippen molar-refractivity contribution in [3.63, 3.8) is 0 Å². The molecule has 2 aliphatic rings. The zero-order chi connectivity index (χ0) is 12.4. The third kappa shape index (κ3) is 4.19. The zero-order valence-corrected chi connectivity index (χ0v) is 16.2. The fourth-order valence-electron chi connectivity index (χ4n) is 2.66. The molecule has 0 unspecified atom stereocenters. The van der Waals surface area contributed by atoms with Gasteiger partial charge in [-0.25, -0.2) is 0 Å². The average molecular weight is 376 g/mol. The van der Waals surface area contributed by atoms with Gasteiger partial charge in [-0.15, -0.1) is 0 Å². The van der Waals surface area contributed by atoms with Gasteiger partial charge in [0.1, 0.15) is 0 Å². The van der Waals surface area contributed by atoms with Gasteiger partial charge < -0.3 is 24.8 Å².